The maximum Gasteiger partial charge on any atom is 0.255 e. The number of anilines is 3. The zero-order valence-electron chi connectivity index (χ0n) is 21.5. The highest BCUT2D eigenvalue weighted by Crippen LogP contribution is 2.30. The van der Waals surface area contributed by atoms with Crippen LogP contribution in [0, 0.1) is 23.0 Å². The van der Waals surface area contributed by atoms with Crippen LogP contribution in [0.4, 0.5) is 31.8 Å². The van der Waals surface area contributed by atoms with Crippen LogP contribution in [-0.2, 0) is 5.41 Å². The number of nitrogens with one attached hydrogen (secondary N) is 3. The lowest BCUT2D eigenvalue weighted by molar-refractivity contribution is 0.102. The van der Waals surface area contributed by atoms with Gasteiger partial charge in [-0.1, -0.05) is 12.1 Å². The van der Waals surface area contributed by atoms with Crippen molar-refractivity contribution in [3.8, 4) is 6.07 Å². The van der Waals surface area contributed by atoms with E-state index in [0.717, 1.165) is 6.07 Å². The van der Waals surface area contributed by atoms with Gasteiger partial charge in [-0.25, -0.2) is 18.8 Å². The Kier molecular flexibility index (Phi) is 7.63. The molecule has 4 aromatic rings. The number of carbonyl (C=O) groups excluding carboxylic acids is 1. The molecule has 0 fully saturated rings. The second kappa shape index (κ2) is 11.1. The van der Waals surface area contributed by atoms with Crippen LogP contribution in [0.5, 0.6) is 0 Å². The average Bonchev–Trinajstić information content (AvgIpc) is 3.41. The smallest absolute Gasteiger partial charge is 0.255 e. The zero-order chi connectivity index (χ0) is 28.2. The van der Waals surface area contributed by atoms with E-state index in [4.69, 9.17) is 0 Å². The number of amides is 1. The Hall–Kier alpha value is -5.17. The van der Waals surface area contributed by atoms with Crippen LogP contribution < -0.4 is 10.6 Å². The number of rotatable bonds is 8. The van der Waals surface area contributed by atoms with E-state index in [0.29, 0.717) is 34.3 Å². The maximum atomic E-state index is 14.9. The number of pyridine rings is 1. The summed E-state index contributed by atoms with van der Waals surface area (Å²) in [6.07, 6.45) is 3.21. The molecule has 0 spiro atoms. The Labute approximate surface area is 224 Å². The molecule has 4 rings (SSSR count). The summed E-state index contributed by atoms with van der Waals surface area (Å²) in [5.74, 6) is -1.69. The Bertz CT molecular complexity index is 1630. The third-order valence-electron chi connectivity index (χ3n) is 6.11. The van der Waals surface area contributed by atoms with E-state index >= 15 is 0 Å². The van der Waals surface area contributed by atoms with Crippen molar-refractivity contribution in [2.75, 3.05) is 17.7 Å². The Morgan fingerprint density at radius 3 is 2.56 bits per heavy atom. The SMILES string of the molecule is C=Nc1[nH]ccc1/C(=N\C)c1cccnc1Nc1cc(NC(=O)c2cccc(C(C)(C)C#N)c2)c(F)cc1F. The molecule has 3 N–H and O–H groups in total. The summed E-state index contributed by atoms with van der Waals surface area (Å²) >= 11 is 0. The molecular formula is C29H25F2N7O. The molecule has 0 saturated carbocycles. The lowest BCUT2D eigenvalue weighted by atomic mass is 9.85. The standard InChI is InChI=1S/C29H25F2N7O/c1-29(2,16-32)18-8-5-7-17(13-18)28(39)38-24-15-23(21(30)14-22(24)31)37-27-19(9-6-11-35-27)25(33-3)20-10-12-36-26(20)34-4/h5-15,36H,4H2,1-3H3,(H,35,37)(H,38,39)/b33-25-. The highest BCUT2D eigenvalue weighted by molar-refractivity contribution is 6.18. The first-order valence-corrected chi connectivity index (χ1v) is 11.8. The van der Waals surface area contributed by atoms with Crippen molar-refractivity contribution in [3.05, 3.63) is 101 Å². The van der Waals surface area contributed by atoms with Gasteiger partial charge in [0.2, 0.25) is 0 Å². The predicted molar refractivity (Wildman–Crippen MR) is 148 cm³/mol. The second-order valence-corrected chi connectivity index (χ2v) is 9.08. The molecule has 0 aliphatic carbocycles. The van der Waals surface area contributed by atoms with Crippen molar-refractivity contribution < 1.29 is 13.6 Å². The van der Waals surface area contributed by atoms with Gasteiger partial charge < -0.3 is 15.6 Å². The lowest BCUT2D eigenvalue weighted by Crippen LogP contribution is -2.17. The van der Waals surface area contributed by atoms with Gasteiger partial charge in [0, 0.05) is 42.2 Å². The average molecular weight is 526 g/mol. The molecule has 0 aliphatic rings. The summed E-state index contributed by atoms with van der Waals surface area (Å²) in [6.45, 7) is 7.02. The molecule has 0 saturated heterocycles. The van der Waals surface area contributed by atoms with Crippen molar-refractivity contribution in [1.29, 1.82) is 5.26 Å². The minimum atomic E-state index is -0.953. The number of nitriles is 1. The Balaban J connectivity index is 1.66. The van der Waals surface area contributed by atoms with Gasteiger partial charge in [0.1, 0.15) is 23.3 Å². The molecule has 2 aromatic carbocycles. The summed E-state index contributed by atoms with van der Waals surface area (Å²) in [5.41, 5.74) is 1.41. The Morgan fingerprint density at radius 1 is 1.08 bits per heavy atom. The highest BCUT2D eigenvalue weighted by Gasteiger charge is 2.22. The summed E-state index contributed by atoms with van der Waals surface area (Å²) in [6, 6.07) is 15.7. The van der Waals surface area contributed by atoms with E-state index in [-0.39, 0.29) is 22.8 Å². The fourth-order valence-corrected chi connectivity index (χ4v) is 3.94. The quantitative estimate of drug-likeness (QED) is 0.235. The van der Waals surface area contributed by atoms with Gasteiger partial charge in [0.25, 0.3) is 5.91 Å². The largest absolute Gasteiger partial charge is 0.346 e. The number of benzene rings is 2. The van der Waals surface area contributed by atoms with Gasteiger partial charge >= 0.3 is 0 Å². The van der Waals surface area contributed by atoms with E-state index in [1.807, 2.05) is 0 Å². The van der Waals surface area contributed by atoms with E-state index in [9.17, 15) is 18.8 Å². The third-order valence-corrected chi connectivity index (χ3v) is 6.11. The molecule has 2 aromatic heterocycles. The molecule has 0 atom stereocenters. The van der Waals surface area contributed by atoms with E-state index in [1.54, 1.807) is 69.6 Å². The van der Waals surface area contributed by atoms with Gasteiger partial charge in [0.05, 0.1) is 28.6 Å². The van der Waals surface area contributed by atoms with Crippen LogP contribution in [0.2, 0.25) is 0 Å². The topological polar surface area (TPSA) is 118 Å². The predicted octanol–water partition coefficient (Wildman–Crippen LogP) is 6.28. The maximum absolute atomic E-state index is 14.9. The van der Waals surface area contributed by atoms with Crippen LogP contribution in [0.25, 0.3) is 0 Å². The molecule has 10 heteroatoms. The van der Waals surface area contributed by atoms with Gasteiger partial charge in [-0.15, -0.1) is 0 Å². The molecule has 0 unspecified atom stereocenters. The lowest BCUT2D eigenvalue weighted by Gasteiger charge is -2.17. The van der Waals surface area contributed by atoms with Crippen molar-refractivity contribution in [1.82, 2.24) is 9.97 Å². The van der Waals surface area contributed by atoms with Crippen LogP contribution in [0.1, 0.15) is 40.9 Å². The summed E-state index contributed by atoms with van der Waals surface area (Å²) in [4.78, 5) is 28.6. The molecule has 1 amide bonds. The Morgan fingerprint density at radius 2 is 1.85 bits per heavy atom. The third kappa shape index (κ3) is 5.57. The number of halogens is 2. The van der Waals surface area contributed by atoms with Gasteiger partial charge in [-0.05, 0) is 62.5 Å². The van der Waals surface area contributed by atoms with Crippen LogP contribution >= 0.6 is 0 Å². The molecule has 8 nitrogen and oxygen atoms in total. The summed E-state index contributed by atoms with van der Waals surface area (Å²) in [7, 11) is 1.60. The molecule has 0 aliphatic heterocycles. The fourth-order valence-electron chi connectivity index (χ4n) is 3.94. The first-order chi connectivity index (χ1) is 18.7. The van der Waals surface area contributed by atoms with Crippen molar-refractivity contribution in [2.45, 2.75) is 19.3 Å². The minimum Gasteiger partial charge on any atom is -0.346 e. The monoisotopic (exact) mass is 525 g/mol. The van der Waals surface area contributed by atoms with E-state index in [2.05, 4.69) is 43.4 Å². The second-order valence-electron chi connectivity index (χ2n) is 9.08. The normalized spacial score (nSPS) is 11.5. The molecular weight excluding hydrogens is 500 g/mol. The van der Waals surface area contributed by atoms with Crippen LogP contribution in [-0.4, -0.2) is 35.4 Å². The first-order valence-electron chi connectivity index (χ1n) is 11.8. The number of carbonyl (C=O) groups is 1. The van der Waals surface area contributed by atoms with Gasteiger partial charge in [0.15, 0.2) is 0 Å². The minimum absolute atomic E-state index is 0.113. The first kappa shape index (κ1) is 26.9. The van der Waals surface area contributed by atoms with E-state index in [1.165, 1.54) is 6.20 Å². The summed E-state index contributed by atoms with van der Waals surface area (Å²) in [5, 5.41) is 14.8. The zero-order valence-corrected chi connectivity index (χ0v) is 21.5. The number of hydrogen-bond donors (Lipinski definition) is 3. The molecule has 196 valence electrons. The molecule has 2 heterocycles. The number of aromatic nitrogens is 2. The number of aromatic amines is 1. The molecule has 39 heavy (non-hydrogen) atoms. The summed E-state index contributed by atoms with van der Waals surface area (Å²) < 4.78 is 29.6. The molecule has 0 radical (unpaired) electrons. The van der Waals surface area contributed by atoms with Crippen LogP contribution in [0.15, 0.2) is 77.0 Å². The number of H-pyrrole nitrogens is 1. The fraction of sp³-hybridized carbons (Fsp3) is 0.138. The van der Waals surface area contributed by atoms with Crippen molar-refractivity contribution >= 4 is 41.3 Å². The van der Waals surface area contributed by atoms with Crippen LogP contribution in [0.3, 0.4) is 0 Å². The number of nitrogens with zero attached hydrogens (tertiary/aromatic N) is 4. The number of hydrogen-bond acceptors (Lipinski definition) is 6. The van der Waals surface area contributed by atoms with Crippen molar-refractivity contribution in [3.63, 3.8) is 0 Å². The number of aliphatic imine (C=N–C) groups is 2. The van der Waals surface area contributed by atoms with Crippen molar-refractivity contribution in [2.24, 2.45) is 9.98 Å². The van der Waals surface area contributed by atoms with Gasteiger partial charge in [-0.2, -0.15) is 5.26 Å². The van der Waals surface area contributed by atoms with Gasteiger partial charge in [-0.3, -0.25) is 9.79 Å². The highest BCUT2D eigenvalue weighted by atomic mass is 19.1. The van der Waals surface area contributed by atoms with E-state index < -0.39 is 23.0 Å². The molecule has 0 bridgehead atoms.